The van der Waals surface area contributed by atoms with Crippen LogP contribution < -0.4 is 0 Å². The summed E-state index contributed by atoms with van der Waals surface area (Å²) in [6, 6.07) is 14.4. The molecule has 2 nitrogen and oxygen atoms in total. The minimum atomic E-state index is -0.289. The Hall–Kier alpha value is -2.12. The van der Waals surface area contributed by atoms with E-state index in [9.17, 15) is 4.39 Å². The molecule has 4 heteroatoms. The van der Waals surface area contributed by atoms with Crippen molar-refractivity contribution in [2.24, 2.45) is 0 Å². The Morgan fingerprint density at radius 2 is 2.00 bits per heavy atom. The fraction of sp³-hybridized carbons (Fsp3) is 0.0625. The minimum Gasteiger partial charge on any atom is -0.343 e. The van der Waals surface area contributed by atoms with E-state index >= 15 is 0 Å². The summed E-state index contributed by atoms with van der Waals surface area (Å²) in [7, 11) is 0. The molecule has 0 N–H and O–H groups in total. The third kappa shape index (κ3) is 2.33. The molecule has 0 aliphatic heterocycles. The highest BCUT2D eigenvalue weighted by Gasteiger charge is 2.07. The average molecular weight is 329 g/mol. The number of aromatic nitrogens is 1. The molecule has 98 valence electrons. The van der Waals surface area contributed by atoms with E-state index in [0.29, 0.717) is 17.7 Å². The largest absolute Gasteiger partial charge is 0.343 e. The Balaban J connectivity index is 2.03. The van der Waals surface area contributed by atoms with Gasteiger partial charge in [-0.1, -0.05) is 15.9 Å². The fourth-order valence-electron chi connectivity index (χ4n) is 2.26. The zero-order valence-electron chi connectivity index (χ0n) is 10.5. The van der Waals surface area contributed by atoms with Crippen LogP contribution in [0.4, 0.5) is 4.39 Å². The maximum absolute atomic E-state index is 13.8. The van der Waals surface area contributed by atoms with Crippen molar-refractivity contribution in [1.82, 2.24) is 4.57 Å². The molecule has 1 aromatic heterocycles. The van der Waals surface area contributed by atoms with E-state index in [0.717, 1.165) is 15.4 Å². The van der Waals surface area contributed by atoms with Crippen LogP contribution in [0.15, 0.2) is 53.1 Å². The fourth-order valence-corrected chi connectivity index (χ4v) is 2.64. The molecule has 0 saturated carbocycles. The van der Waals surface area contributed by atoms with Crippen LogP contribution in [0.25, 0.3) is 10.9 Å². The Labute approximate surface area is 124 Å². The molecule has 0 amide bonds. The summed E-state index contributed by atoms with van der Waals surface area (Å²) in [5.74, 6) is -0.289. The van der Waals surface area contributed by atoms with E-state index in [1.165, 1.54) is 12.1 Å². The van der Waals surface area contributed by atoms with Crippen LogP contribution in [-0.4, -0.2) is 4.57 Å². The van der Waals surface area contributed by atoms with Crippen LogP contribution in [0.3, 0.4) is 0 Å². The van der Waals surface area contributed by atoms with Gasteiger partial charge in [0.05, 0.1) is 18.2 Å². The average Bonchev–Trinajstić information content (AvgIpc) is 2.83. The number of nitriles is 1. The third-order valence-corrected chi connectivity index (χ3v) is 3.74. The highest BCUT2D eigenvalue weighted by molar-refractivity contribution is 9.10. The number of halogens is 2. The second kappa shape index (κ2) is 5.10. The van der Waals surface area contributed by atoms with Gasteiger partial charge < -0.3 is 4.57 Å². The van der Waals surface area contributed by atoms with Crippen molar-refractivity contribution < 1.29 is 4.39 Å². The number of hydrogen-bond donors (Lipinski definition) is 0. The van der Waals surface area contributed by atoms with Crippen molar-refractivity contribution >= 4 is 26.8 Å². The van der Waals surface area contributed by atoms with Gasteiger partial charge in [-0.15, -0.1) is 0 Å². The molecular weight excluding hydrogens is 319 g/mol. The van der Waals surface area contributed by atoms with Gasteiger partial charge >= 0.3 is 0 Å². The lowest BCUT2D eigenvalue weighted by Crippen LogP contribution is -2.01. The lowest BCUT2D eigenvalue weighted by Gasteiger charge is -2.07. The number of rotatable bonds is 2. The van der Waals surface area contributed by atoms with E-state index in [1.54, 1.807) is 6.07 Å². The summed E-state index contributed by atoms with van der Waals surface area (Å²) in [6.07, 6.45) is 1.93. The molecule has 0 spiro atoms. The highest BCUT2D eigenvalue weighted by Crippen LogP contribution is 2.22. The first-order valence-electron chi connectivity index (χ1n) is 6.10. The predicted molar refractivity (Wildman–Crippen MR) is 79.9 cm³/mol. The summed E-state index contributed by atoms with van der Waals surface area (Å²) >= 11 is 3.43. The van der Waals surface area contributed by atoms with Crippen molar-refractivity contribution in [3.8, 4) is 6.07 Å². The monoisotopic (exact) mass is 328 g/mol. The molecule has 2 aromatic carbocycles. The van der Waals surface area contributed by atoms with Crippen molar-refractivity contribution in [1.29, 1.82) is 5.26 Å². The minimum absolute atomic E-state index is 0.289. The maximum Gasteiger partial charge on any atom is 0.128 e. The topological polar surface area (TPSA) is 28.7 Å². The standard InChI is InChI=1S/C16H10BrFN2/c17-14-2-4-16-12(8-14)5-6-20(16)10-13-7-11(9-19)1-3-15(13)18/h1-8H,10H2. The number of fused-ring (bicyclic) bond motifs is 1. The lowest BCUT2D eigenvalue weighted by molar-refractivity contribution is 0.602. The van der Waals surface area contributed by atoms with Gasteiger partial charge in [0, 0.05) is 27.1 Å². The van der Waals surface area contributed by atoms with E-state index in [2.05, 4.69) is 15.9 Å². The second-order valence-electron chi connectivity index (χ2n) is 4.56. The van der Waals surface area contributed by atoms with E-state index in [1.807, 2.05) is 41.1 Å². The number of benzene rings is 2. The summed E-state index contributed by atoms with van der Waals surface area (Å²) in [6.45, 7) is 0.409. The van der Waals surface area contributed by atoms with Gasteiger partial charge in [0.25, 0.3) is 0 Å². The van der Waals surface area contributed by atoms with Crippen LogP contribution in [-0.2, 0) is 6.54 Å². The highest BCUT2D eigenvalue weighted by atomic mass is 79.9. The zero-order chi connectivity index (χ0) is 14.1. The molecule has 0 atom stereocenters. The normalized spacial score (nSPS) is 10.7. The molecule has 3 aromatic rings. The van der Waals surface area contributed by atoms with E-state index in [-0.39, 0.29) is 5.82 Å². The number of hydrogen-bond acceptors (Lipinski definition) is 1. The summed E-state index contributed by atoms with van der Waals surface area (Å²) in [5.41, 5.74) is 2.03. The second-order valence-corrected chi connectivity index (χ2v) is 5.48. The summed E-state index contributed by atoms with van der Waals surface area (Å²) in [4.78, 5) is 0. The van der Waals surface area contributed by atoms with Crippen molar-refractivity contribution in [3.63, 3.8) is 0 Å². The molecular formula is C16H10BrFN2. The van der Waals surface area contributed by atoms with Gasteiger partial charge in [0.1, 0.15) is 5.82 Å². The quantitative estimate of drug-likeness (QED) is 0.682. The first kappa shape index (κ1) is 12.9. The molecule has 20 heavy (non-hydrogen) atoms. The Morgan fingerprint density at radius 1 is 1.15 bits per heavy atom. The molecule has 0 fully saturated rings. The van der Waals surface area contributed by atoms with Crippen molar-refractivity contribution in [2.75, 3.05) is 0 Å². The summed E-state index contributed by atoms with van der Waals surface area (Å²) < 4.78 is 16.8. The van der Waals surface area contributed by atoms with Crippen LogP contribution in [0, 0.1) is 17.1 Å². The van der Waals surface area contributed by atoms with Gasteiger partial charge in [0.2, 0.25) is 0 Å². The molecule has 0 bridgehead atoms. The SMILES string of the molecule is N#Cc1ccc(F)c(Cn2ccc3cc(Br)ccc32)c1. The molecule has 0 saturated heterocycles. The van der Waals surface area contributed by atoms with Gasteiger partial charge in [0.15, 0.2) is 0 Å². The van der Waals surface area contributed by atoms with Crippen molar-refractivity contribution in [2.45, 2.75) is 6.54 Å². The Kier molecular flexibility index (Phi) is 3.29. The van der Waals surface area contributed by atoms with Crippen LogP contribution in [0.2, 0.25) is 0 Å². The zero-order valence-corrected chi connectivity index (χ0v) is 12.1. The Morgan fingerprint density at radius 3 is 2.80 bits per heavy atom. The number of nitrogens with zero attached hydrogens (tertiary/aromatic N) is 2. The van der Waals surface area contributed by atoms with Gasteiger partial charge in [-0.3, -0.25) is 0 Å². The smallest absolute Gasteiger partial charge is 0.128 e. The molecule has 0 aliphatic carbocycles. The third-order valence-electron chi connectivity index (χ3n) is 3.25. The molecule has 0 unspecified atom stereocenters. The van der Waals surface area contributed by atoms with Gasteiger partial charge in [-0.25, -0.2) is 4.39 Å². The maximum atomic E-state index is 13.8. The Bertz CT molecular complexity index is 830. The molecule has 1 heterocycles. The molecule has 0 aliphatic rings. The van der Waals surface area contributed by atoms with Gasteiger partial charge in [-0.05, 0) is 42.5 Å². The van der Waals surface area contributed by atoms with Crippen LogP contribution >= 0.6 is 15.9 Å². The van der Waals surface area contributed by atoms with Crippen LogP contribution in [0.5, 0.6) is 0 Å². The molecule has 3 rings (SSSR count). The first-order chi connectivity index (χ1) is 9.67. The lowest BCUT2D eigenvalue weighted by atomic mass is 10.1. The molecule has 0 radical (unpaired) electrons. The van der Waals surface area contributed by atoms with E-state index < -0.39 is 0 Å². The van der Waals surface area contributed by atoms with Crippen molar-refractivity contribution in [3.05, 3.63) is 70.1 Å². The van der Waals surface area contributed by atoms with Crippen LogP contribution in [0.1, 0.15) is 11.1 Å². The van der Waals surface area contributed by atoms with E-state index in [4.69, 9.17) is 5.26 Å². The summed E-state index contributed by atoms with van der Waals surface area (Å²) in [5, 5.41) is 9.99. The van der Waals surface area contributed by atoms with Gasteiger partial charge in [-0.2, -0.15) is 5.26 Å². The first-order valence-corrected chi connectivity index (χ1v) is 6.89. The predicted octanol–water partition coefficient (Wildman–Crippen LogP) is 4.46.